The standard InChI is InChI=1S/C28H21F3N2O4/c29-28(30,31)37-19-9-5-17(6-10-19)7-12-25(34)33-14-13-21-20-3-1-2-4-22(20)32-26(21)27(33)18-8-11-23-24(15-18)36-16-35-23/h1-12,15,27,32H,13-14,16H2/b12-7+. The van der Waals surface area contributed by atoms with Gasteiger partial charge in [0.2, 0.25) is 12.7 Å². The topological polar surface area (TPSA) is 63.8 Å². The number of para-hydroxylation sites is 1. The van der Waals surface area contributed by atoms with Crippen LogP contribution in [0.4, 0.5) is 13.2 Å². The minimum absolute atomic E-state index is 0.152. The Hall–Kier alpha value is -4.40. The van der Waals surface area contributed by atoms with Crippen LogP contribution in [0.3, 0.4) is 0 Å². The fourth-order valence-corrected chi connectivity index (χ4v) is 4.95. The fraction of sp³-hybridized carbons (Fsp3) is 0.179. The lowest BCUT2D eigenvalue weighted by Gasteiger charge is -2.35. The maximum Gasteiger partial charge on any atom is 0.573 e. The second-order valence-corrected chi connectivity index (χ2v) is 8.81. The van der Waals surface area contributed by atoms with Gasteiger partial charge in [-0.25, -0.2) is 0 Å². The number of benzene rings is 3. The lowest BCUT2D eigenvalue weighted by molar-refractivity contribution is -0.274. The Kier molecular flexibility index (Phi) is 5.55. The van der Waals surface area contributed by atoms with Crippen molar-refractivity contribution in [2.24, 2.45) is 0 Å². The van der Waals surface area contributed by atoms with Crippen molar-refractivity contribution in [3.05, 3.63) is 95.2 Å². The number of alkyl halides is 3. The third-order valence-corrected chi connectivity index (χ3v) is 6.56. The number of halogens is 3. The second kappa shape index (κ2) is 8.92. The normalized spacial score (nSPS) is 16.8. The molecule has 188 valence electrons. The first-order valence-electron chi connectivity index (χ1n) is 11.7. The molecule has 0 spiro atoms. The van der Waals surface area contributed by atoms with E-state index in [1.807, 2.05) is 36.4 Å². The van der Waals surface area contributed by atoms with Crippen molar-refractivity contribution in [1.29, 1.82) is 0 Å². The molecule has 1 aromatic heterocycles. The first-order valence-corrected chi connectivity index (χ1v) is 11.7. The van der Waals surface area contributed by atoms with Crippen molar-refractivity contribution in [2.75, 3.05) is 13.3 Å². The van der Waals surface area contributed by atoms with Crippen LogP contribution in [0.2, 0.25) is 0 Å². The van der Waals surface area contributed by atoms with Gasteiger partial charge in [-0.1, -0.05) is 36.4 Å². The Morgan fingerprint density at radius 1 is 1.03 bits per heavy atom. The number of hydrogen-bond donors (Lipinski definition) is 1. The highest BCUT2D eigenvalue weighted by Crippen LogP contribution is 2.42. The monoisotopic (exact) mass is 506 g/mol. The number of amides is 1. The Morgan fingerprint density at radius 3 is 2.62 bits per heavy atom. The minimum Gasteiger partial charge on any atom is -0.454 e. The van der Waals surface area contributed by atoms with Crippen LogP contribution in [0.1, 0.15) is 28.4 Å². The zero-order chi connectivity index (χ0) is 25.6. The number of H-pyrrole nitrogens is 1. The Bertz CT molecular complexity index is 1510. The zero-order valence-corrected chi connectivity index (χ0v) is 19.4. The summed E-state index contributed by atoms with van der Waals surface area (Å²) >= 11 is 0. The van der Waals surface area contributed by atoms with Crippen LogP contribution < -0.4 is 14.2 Å². The van der Waals surface area contributed by atoms with E-state index in [1.54, 1.807) is 11.0 Å². The van der Waals surface area contributed by atoms with E-state index < -0.39 is 6.36 Å². The minimum atomic E-state index is -4.76. The number of hydrogen-bond acceptors (Lipinski definition) is 4. The summed E-state index contributed by atoms with van der Waals surface area (Å²) in [5.74, 6) is 0.751. The number of rotatable bonds is 4. The zero-order valence-electron chi connectivity index (χ0n) is 19.4. The molecule has 1 unspecified atom stereocenters. The highest BCUT2D eigenvalue weighted by molar-refractivity contribution is 5.93. The predicted molar refractivity (Wildman–Crippen MR) is 130 cm³/mol. The van der Waals surface area contributed by atoms with Crippen LogP contribution in [-0.2, 0) is 11.2 Å². The number of carbonyl (C=O) groups is 1. The predicted octanol–water partition coefficient (Wildman–Crippen LogP) is 5.98. The average Bonchev–Trinajstić information content (AvgIpc) is 3.50. The number of nitrogens with one attached hydrogen (secondary N) is 1. The van der Waals surface area contributed by atoms with Crippen LogP contribution in [0.5, 0.6) is 17.2 Å². The molecule has 0 radical (unpaired) electrons. The Labute approximate surface area is 209 Å². The quantitative estimate of drug-likeness (QED) is 0.346. The van der Waals surface area contributed by atoms with Gasteiger partial charge in [0.25, 0.3) is 0 Å². The molecule has 0 aliphatic carbocycles. The van der Waals surface area contributed by atoms with Crippen molar-refractivity contribution in [3.8, 4) is 17.2 Å². The van der Waals surface area contributed by atoms with E-state index in [4.69, 9.17) is 9.47 Å². The van der Waals surface area contributed by atoms with Gasteiger partial charge in [0.1, 0.15) is 5.75 Å². The molecule has 3 aromatic carbocycles. The molecule has 0 saturated heterocycles. The number of aromatic amines is 1. The van der Waals surface area contributed by atoms with Crippen molar-refractivity contribution in [1.82, 2.24) is 9.88 Å². The molecule has 0 saturated carbocycles. The van der Waals surface area contributed by atoms with Gasteiger partial charge in [-0.3, -0.25) is 4.79 Å². The number of fused-ring (bicyclic) bond motifs is 4. The largest absolute Gasteiger partial charge is 0.573 e. The maximum absolute atomic E-state index is 13.5. The molecule has 37 heavy (non-hydrogen) atoms. The van der Waals surface area contributed by atoms with Crippen LogP contribution in [0.15, 0.2) is 72.8 Å². The molecule has 0 fully saturated rings. The molecule has 6 rings (SSSR count). The van der Waals surface area contributed by atoms with E-state index in [-0.39, 0.29) is 24.5 Å². The maximum atomic E-state index is 13.5. The lowest BCUT2D eigenvalue weighted by Crippen LogP contribution is -2.39. The molecule has 3 heterocycles. The van der Waals surface area contributed by atoms with Gasteiger partial charge < -0.3 is 24.1 Å². The highest BCUT2D eigenvalue weighted by atomic mass is 19.4. The van der Waals surface area contributed by atoms with Gasteiger partial charge >= 0.3 is 6.36 Å². The van der Waals surface area contributed by atoms with E-state index in [1.165, 1.54) is 35.9 Å². The van der Waals surface area contributed by atoms with Crippen LogP contribution in [-0.4, -0.2) is 35.5 Å². The molecule has 1 amide bonds. The van der Waals surface area contributed by atoms with Gasteiger partial charge in [-0.15, -0.1) is 13.2 Å². The van der Waals surface area contributed by atoms with E-state index in [0.29, 0.717) is 30.0 Å². The molecule has 4 aromatic rings. The summed E-state index contributed by atoms with van der Waals surface area (Å²) < 4.78 is 52.2. The first kappa shape index (κ1) is 23.0. The molecule has 1 N–H and O–H groups in total. The molecular formula is C28H21F3N2O4. The summed E-state index contributed by atoms with van der Waals surface area (Å²) in [6, 6.07) is 18.7. The molecule has 6 nitrogen and oxygen atoms in total. The van der Waals surface area contributed by atoms with Crippen LogP contribution in [0, 0.1) is 0 Å². The summed E-state index contributed by atoms with van der Waals surface area (Å²) in [5, 5.41) is 1.13. The third kappa shape index (κ3) is 4.48. The smallest absolute Gasteiger partial charge is 0.454 e. The van der Waals surface area contributed by atoms with Crippen molar-refractivity contribution < 1.29 is 32.2 Å². The van der Waals surface area contributed by atoms with Gasteiger partial charge in [0.05, 0.1) is 6.04 Å². The van der Waals surface area contributed by atoms with E-state index in [9.17, 15) is 18.0 Å². The first-order chi connectivity index (χ1) is 17.9. The van der Waals surface area contributed by atoms with E-state index in [2.05, 4.69) is 15.8 Å². The number of nitrogens with zero attached hydrogens (tertiary/aromatic N) is 1. The molecule has 1 atom stereocenters. The molecular weight excluding hydrogens is 485 g/mol. The summed E-state index contributed by atoms with van der Waals surface area (Å²) in [5.41, 5.74) is 4.58. The lowest BCUT2D eigenvalue weighted by atomic mass is 9.92. The van der Waals surface area contributed by atoms with Gasteiger partial charge in [-0.05, 0) is 59.5 Å². The van der Waals surface area contributed by atoms with Crippen LogP contribution >= 0.6 is 0 Å². The van der Waals surface area contributed by atoms with Crippen molar-refractivity contribution in [2.45, 2.75) is 18.8 Å². The van der Waals surface area contributed by atoms with Gasteiger partial charge in [0.15, 0.2) is 11.5 Å². The third-order valence-electron chi connectivity index (χ3n) is 6.56. The number of carbonyl (C=O) groups excluding carboxylic acids is 1. The Morgan fingerprint density at radius 2 is 1.81 bits per heavy atom. The van der Waals surface area contributed by atoms with E-state index >= 15 is 0 Å². The summed E-state index contributed by atoms with van der Waals surface area (Å²) in [6.07, 6.45) is -1.05. The number of ether oxygens (including phenoxy) is 3. The van der Waals surface area contributed by atoms with E-state index in [0.717, 1.165) is 22.2 Å². The second-order valence-electron chi connectivity index (χ2n) is 8.81. The van der Waals surface area contributed by atoms with Crippen molar-refractivity contribution >= 4 is 22.9 Å². The SMILES string of the molecule is O=C(/C=C/c1ccc(OC(F)(F)F)cc1)N1CCc2c([nH]c3ccccc23)C1c1ccc2c(c1)OCO2. The van der Waals surface area contributed by atoms with Crippen LogP contribution in [0.25, 0.3) is 17.0 Å². The van der Waals surface area contributed by atoms with Crippen molar-refractivity contribution in [3.63, 3.8) is 0 Å². The average molecular weight is 506 g/mol. The van der Waals surface area contributed by atoms with Gasteiger partial charge in [-0.2, -0.15) is 0 Å². The number of aromatic nitrogens is 1. The summed E-state index contributed by atoms with van der Waals surface area (Å²) in [7, 11) is 0. The molecule has 9 heteroatoms. The summed E-state index contributed by atoms with van der Waals surface area (Å²) in [6.45, 7) is 0.648. The highest BCUT2D eigenvalue weighted by Gasteiger charge is 2.35. The molecule has 2 aliphatic rings. The fourth-order valence-electron chi connectivity index (χ4n) is 4.95. The summed E-state index contributed by atoms with van der Waals surface area (Å²) in [4.78, 5) is 18.8. The van der Waals surface area contributed by atoms with Gasteiger partial charge in [0, 0.05) is 29.2 Å². The Balaban J connectivity index is 1.32. The molecule has 0 bridgehead atoms. The molecule has 2 aliphatic heterocycles.